The van der Waals surface area contributed by atoms with Gasteiger partial charge in [-0.25, -0.2) is 4.45 Å². The van der Waals surface area contributed by atoms with E-state index in [1.165, 1.54) is 11.5 Å². The van der Waals surface area contributed by atoms with Crippen LogP contribution >= 0.6 is 8.88 Å². The lowest BCUT2D eigenvalue weighted by atomic mass is 10.3. The lowest BCUT2D eigenvalue weighted by Crippen LogP contribution is -2.41. The highest BCUT2D eigenvalue weighted by Crippen LogP contribution is 2.26. The first-order valence-electron chi connectivity index (χ1n) is 4.46. The Labute approximate surface area is 92.8 Å². The number of nitrogens with zero attached hydrogens (tertiary/aromatic N) is 4. The van der Waals surface area contributed by atoms with Crippen molar-refractivity contribution in [3.8, 4) is 0 Å². The molecule has 0 spiro atoms. The monoisotopic (exact) mass is 242 g/mol. The first-order chi connectivity index (χ1) is 7.48. The normalized spacial score (nSPS) is 13.3. The van der Waals surface area contributed by atoms with Crippen LogP contribution in [0.25, 0.3) is 11.0 Å². The van der Waals surface area contributed by atoms with Gasteiger partial charge in [0.2, 0.25) is 0 Å². The van der Waals surface area contributed by atoms with Gasteiger partial charge in [-0.3, -0.25) is 0 Å². The summed E-state index contributed by atoms with van der Waals surface area (Å²) in [4.78, 5) is 0. The van der Waals surface area contributed by atoms with E-state index in [0.29, 0.717) is 5.52 Å². The molecule has 1 heterocycles. The summed E-state index contributed by atoms with van der Waals surface area (Å²) >= 11 is 0. The zero-order valence-electron chi connectivity index (χ0n) is 8.44. The molecule has 2 aromatic rings. The van der Waals surface area contributed by atoms with Crippen molar-refractivity contribution in [1.82, 2.24) is 19.4 Å². The molecule has 7 nitrogen and oxygen atoms in total. The Bertz CT molecular complexity index is 495. The first-order valence-corrected chi connectivity index (χ1v) is 5.36. The van der Waals surface area contributed by atoms with Crippen molar-refractivity contribution >= 4 is 19.9 Å². The Balaban J connectivity index is 2.28. The van der Waals surface area contributed by atoms with Crippen LogP contribution < -0.4 is 0 Å². The Morgan fingerprint density at radius 3 is 2.69 bits per heavy atom. The molecule has 16 heavy (non-hydrogen) atoms. The van der Waals surface area contributed by atoms with Gasteiger partial charge in [-0.05, 0) is 19.2 Å². The van der Waals surface area contributed by atoms with Gasteiger partial charge < -0.3 is 15.3 Å². The third-order valence-electron chi connectivity index (χ3n) is 2.05. The minimum atomic E-state index is -2.86. The van der Waals surface area contributed by atoms with E-state index in [4.69, 9.17) is 15.3 Å². The molecule has 3 N–H and O–H groups in total. The van der Waals surface area contributed by atoms with Crippen molar-refractivity contribution in [1.29, 1.82) is 0 Å². The predicted octanol–water partition coefficient (Wildman–Crippen LogP) is -0.692. The Kier molecular flexibility index (Phi) is 2.88. The Morgan fingerprint density at radius 1 is 1.31 bits per heavy atom. The lowest BCUT2D eigenvalue weighted by Gasteiger charge is -2.24. The summed E-state index contributed by atoms with van der Waals surface area (Å²) in [6.45, 7) is 0. The van der Waals surface area contributed by atoms with E-state index >= 15 is 0 Å². The van der Waals surface area contributed by atoms with Crippen LogP contribution in [0.5, 0.6) is 0 Å². The van der Waals surface area contributed by atoms with E-state index < -0.39 is 6.10 Å². The summed E-state index contributed by atoms with van der Waals surface area (Å²) in [6.07, 6.45) is -2.86. The van der Waals surface area contributed by atoms with Crippen molar-refractivity contribution < 1.29 is 15.3 Å². The van der Waals surface area contributed by atoms with E-state index in [9.17, 15) is 0 Å². The second-order valence-corrected chi connectivity index (χ2v) is 4.54. The second kappa shape index (κ2) is 4.04. The largest absolute Gasteiger partial charge is 0.350 e. The molecule has 0 aliphatic heterocycles. The summed E-state index contributed by atoms with van der Waals surface area (Å²) in [5.41, 5.74) is 1.47. The maximum absolute atomic E-state index is 8.94. The van der Waals surface area contributed by atoms with E-state index in [1.807, 2.05) is 18.2 Å². The number of aromatic nitrogens is 3. The molecule has 1 atom stereocenters. The molecular weight excluding hydrogens is 231 g/mol. The molecule has 0 fully saturated rings. The van der Waals surface area contributed by atoms with Gasteiger partial charge in [0, 0.05) is 0 Å². The number of rotatable bonds is 3. The molecule has 0 saturated carbocycles. The van der Waals surface area contributed by atoms with Crippen LogP contribution in [0, 0.1) is 0 Å². The molecule has 0 aliphatic rings. The average molecular weight is 242 g/mol. The smallest absolute Gasteiger partial charge is 0.330 e. The summed E-state index contributed by atoms with van der Waals surface area (Å²) in [7, 11) is 1.09. The van der Waals surface area contributed by atoms with Crippen molar-refractivity contribution in [2.45, 2.75) is 6.10 Å². The van der Waals surface area contributed by atoms with Crippen LogP contribution in [0.2, 0.25) is 0 Å². The van der Waals surface area contributed by atoms with Crippen LogP contribution in [0.1, 0.15) is 0 Å². The van der Waals surface area contributed by atoms with Crippen molar-refractivity contribution in [2.24, 2.45) is 0 Å². The van der Waals surface area contributed by atoms with E-state index in [-0.39, 0.29) is 8.88 Å². The third-order valence-corrected chi connectivity index (χ3v) is 3.17. The third kappa shape index (κ3) is 2.18. The fourth-order valence-electron chi connectivity index (χ4n) is 1.15. The molecular formula is C8H11N4O3P. The van der Waals surface area contributed by atoms with Crippen molar-refractivity contribution in [3.63, 3.8) is 0 Å². The van der Waals surface area contributed by atoms with Crippen LogP contribution in [-0.2, 0) is 0 Å². The van der Waals surface area contributed by atoms with Crippen molar-refractivity contribution in [3.05, 3.63) is 24.3 Å². The fourth-order valence-corrected chi connectivity index (χ4v) is 1.95. The number of para-hydroxylation sites is 1. The molecule has 0 radical (unpaired) electrons. The molecule has 0 amide bonds. The van der Waals surface area contributed by atoms with E-state index in [0.717, 1.165) is 10.2 Å². The van der Waals surface area contributed by atoms with Crippen LogP contribution in [0.4, 0.5) is 0 Å². The summed E-state index contributed by atoms with van der Waals surface area (Å²) < 4.78 is 2.42. The van der Waals surface area contributed by atoms with Crippen molar-refractivity contribution in [2.75, 3.05) is 7.05 Å². The Morgan fingerprint density at radius 2 is 2.00 bits per heavy atom. The van der Waals surface area contributed by atoms with Gasteiger partial charge in [0.1, 0.15) is 5.52 Å². The quantitative estimate of drug-likeness (QED) is 0.487. The summed E-state index contributed by atoms with van der Waals surface area (Å²) in [5, 5.41) is 34.6. The van der Waals surface area contributed by atoms with Gasteiger partial charge in [0.25, 0.3) is 0 Å². The van der Waals surface area contributed by atoms with Gasteiger partial charge in [0.05, 0.1) is 14.4 Å². The molecule has 0 saturated heterocycles. The molecule has 1 aromatic heterocycles. The van der Waals surface area contributed by atoms with Gasteiger partial charge in [0.15, 0.2) is 0 Å². The molecule has 86 valence electrons. The topological polar surface area (TPSA) is 94.6 Å². The molecule has 0 bridgehead atoms. The highest BCUT2D eigenvalue weighted by molar-refractivity contribution is 7.33. The lowest BCUT2D eigenvalue weighted by molar-refractivity contribution is -0.364. The van der Waals surface area contributed by atoms with E-state index in [1.54, 1.807) is 6.07 Å². The number of benzene rings is 1. The molecule has 2 rings (SSSR count). The number of fused-ring (bicyclic) bond motifs is 1. The second-order valence-electron chi connectivity index (χ2n) is 3.25. The van der Waals surface area contributed by atoms with Crippen LogP contribution in [0.3, 0.4) is 0 Å². The van der Waals surface area contributed by atoms with Crippen LogP contribution in [-0.4, -0.2) is 47.9 Å². The highest BCUT2D eigenvalue weighted by Gasteiger charge is 2.26. The molecule has 0 aliphatic carbocycles. The SMILES string of the molecule is CN(Pn1nnc2ccccc21)C(O)(O)O. The minimum Gasteiger partial charge on any atom is -0.330 e. The summed E-state index contributed by atoms with van der Waals surface area (Å²) in [6, 6.07) is 7.27. The Hall–Kier alpha value is -1.11. The predicted molar refractivity (Wildman–Crippen MR) is 58.4 cm³/mol. The van der Waals surface area contributed by atoms with Gasteiger partial charge in [-0.2, -0.15) is 4.67 Å². The number of aliphatic hydroxyl groups is 3. The number of hydrogen-bond acceptors (Lipinski definition) is 6. The number of hydrogen-bond donors (Lipinski definition) is 3. The standard InChI is InChI=1S/C8H11N4O3P/c1-11(8(13,14)15)16-12-7-5-3-2-4-6(7)9-10-12/h2-5,13-16H,1H3. The first kappa shape index (κ1) is 11.4. The van der Waals surface area contributed by atoms with Gasteiger partial charge in [-0.15, -0.1) is 5.10 Å². The minimum absolute atomic E-state index is 0.266. The molecule has 1 unspecified atom stereocenters. The maximum Gasteiger partial charge on any atom is 0.350 e. The highest BCUT2D eigenvalue weighted by atomic mass is 31.1. The zero-order chi connectivity index (χ0) is 11.8. The zero-order valence-corrected chi connectivity index (χ0v) is 9.44. The van der Waals surface area contributed by atoms with E-state index in [2.05, 4.69) is 10.3 Å². The maximum atomic E-state index is 8.94. The molecule has 1 aromatic carbocycles. The average Bonchev–Trinajstić information content (AvgIpc) is 2.61. The van der Waals surface area contributed by atoms with Gasteiger partial charge in [-0.1, -0.05) is 17.3 Å². The van der Waals surface area contributed by atoms with Gasteiger partial charge >= 0.3 is 6.10 Å². The fraction of sp³-hybridized carbons (Fsp3) is 0.250. The molecule has 8 heteroatoms. The summed E-state index contributed by atoms with van der Waals surface area (Å²) in [5.74, 6) is 0. The van der Waals surface area contributed by atoms with Crippen LogP contribution in [0.15, 0.2) is 24.3 Å².